The van der Waals surface area contributed by atoms with Crippen LogP contribution in [0.4, 0.5) is 17.2 Å². The lowest BCUT2D eigenvalue weighted by Gasteiger charge is -2.08. The molecule has 0 radical (unpaired) electrons. The Morgan fingerprint density at radius 1 is 1.25 bits per heavy atom. The highest BCUT2D eigenvalue weighted by atomic mass is 35.5. The molecular weight excluding hydrogens is 226 g/mol. The standard InChI is InChI=1S/C11H10ClN3O/c12-7-5-10(13)11(14-6-7)15-8-1-3-9(16)4-2-8/h1-6,16H,13H2,(H,14,15). The molecule has 0 atom stereocenters. The van der Waals surface area contributed by atoms with E-state index in [-0.39, 0.29) is 5.75 Å². The van der Waals surface area contributed by atoms with Crippen LogP contribution in [0.2, 0.25) is 5.02 Å². The summed E-state index contributed by atoms with van der Waals surface area (Å²) in [6, 6.07) is 8.23. The van der Waals surface area contributed by atoms with E-state index in [4.69, 9.17) is 22.4 Å². The van der Waals surface area contributed by atoms with Gasteiger partial charge < -0.3 is 16.2 Å². The number of phenolic OH excluding ortho intramolecular Hbond substituents is 1. The maximum atomic E-state index is 9.13. The third kappa shape index (κ3) is 2.35. The Hall–Kier alpha value is -1.94. The third-order valence-electron chi connectivity index (χ3n) is 2.01. The van der Waals surface area contributed by atoms with Gasteiger partial charge in [0.1, 0.15) is 5.75 Å². The number of nitrogens with zero attached hydrogens (tertiary/aromatic N) is 1. The van der Waals surface area contributed by atoms with Crippen molar-refractivity contribution in [2.75, 3.05) is 11.1 Å². The quantitative estimate of drug-likeness (QED) is 0.700. The summed E-state index contributed by atoms with van der Waals surface area (Å²) >= 11 is 5.74. The Morgan fingerprint density at radius 3 is 2.56 bits per heavy atom. The molecule has 16 heavy (non-hydrogen) atoms. The van der Waals surface area contributed by atoms with Gasteiger partial charge in [0.2, 0.25) is 0 Å². The smallest absolute Gasteiger partial charge is 0.153 e. The first kappa shape index (κ1) is 10.6. The van der Waals surface area contributed by atoms with E-state index in [2.05, 4.69) is 10.3 Å². The average molecular weight is 236 g/mol. The van der Waals surface area contributed by atoms with Crippen molar-refractivity contribution in [3.8, 4) is 5.75 Å². The molecular formula is C11H10ClN3O. The lowest BCUT2D eigenvalue weighted by molar-refractivity contribution is 0.475. The number of nitrogens with one attached hydrogen (secondary N) is 1. The summed E-state index contributed by atoms with van der Waals surface area (Å²) in [5, 5.41) is 12.6. The highest BCUT2D eigenvalue weighted by molar-refractivity contribution is 6.30. The predicted octanol–water partition coefficient (Wildman–Crippen LogP) is 2.77. The number of halogens is 1. The van der Waals surface area contributed by atoms with Gasteiger partial charge in [0.25, 0.3) is 0 Å². The Bertz CT molecular complexity index is 499. The van der Waals surface area contributed by atoms with Crippen LogP contribution in [-0.2, 0) is 0 Å². The molecule has 1 aromatic heterocycles. The van der Waals surface area contributed by atoms with Crippen molar-refractivity contribution >= 4 is 28.8 Å². The van der Waals surface area contributed by atoms with Crippen LogP contribution in [-0.4, -0.2) is 10.1 Å². The number of hydrogen-bond donors (Lipinski definition) is 3. The number of aromatic nitrogens is 1. The minimum absolute atomic E-state index is 0.211. The predicted molar refractivity (Wildman–Crippen MR) is 65.0 cm³/mol. The van der Waals surface area contributed by atoms with Crippen molar-refractivity contribution in [3.63, 3.8) is 0 Å². The average Bonchev–Trinajstić information content (AvgIpc) is 2.25. The van der Waals surface area contributed by atoms with Gasteiger partial charge in [-0.3, -0.25) is 0 Å². The Kier molecular flexibility index (Phi) is 2.83. The van der Waals surface area contributed by atoms with Crippen molar-refractivity contribution in [1.82, 2.24) is 4.98 Å². The van der Waals surface area contributed by atoms with Crippen molar-refractivity contribution in [3.05, 3.63) is 41.6 Å². The second-order valence-corrected chi connectivity index (χ2v) is 3.70. The van der Waals surface area contributed by atoms with Crippen LogP contribution in [0, 0.1) is 0 Å². The van der Waals surface area contributed by atoms with Crippen molar-refractivity contribution in [2.45, 2.75) is 0 Å². The summed E-state index contributed by atoms with van der Waals surface area (Å²) in [5.41, 5.74) is 7.00. The molecule has 82 valence electrons. The number of hydrogen-bond acceptors (Lipinski definition) is 4. The fourth-order valence-corrected chi connectivity index (χ4v) is 1.41. The number of rotatable bonds is 2. The topological polar surface area (TPSA) is 71.2 Å². The second kappa shape index (κ2) is 4.28. The van der Waals surface area contributed by atoms with Gasteiger partial charge in [0.05, 0.1) is 10.7 Å². The molecule has 0 spiro atoms. The molecule has 1 aromatic carbocycles. The minimum atomic E-state index is 0.211. The molecule has 1 heterocycles. The van der Waals surface area contributed by atoms with Crippen molar-refractivity contribution in [1.29, 1.82) is 0 Å². The third-order valence-corrected chi connectivity index (χ3v) is 2.22. The number of nitrogen functional groups attached to an aromatic ring is 1. The van der Waals surface area contributed by atoms with Crippen LogP contribution in [0.25, 0.3) is 0 Å². The lowest BCUT2D eigenvalue weighted by Crippen LogP contribution is -1.98. The molecule has 2 aromatic rings. The molecule has 0 bridgehead atoms. The molecule has 0 saturated carbocycles. The van der Waals surface area contributed by atoms with Gasteiger partial charge in [-0.15, -0.1) is 0 Å². The van der Waals surface area contributed by atoms with Gasteiger partial charge >= 0.3 is 0 Å². The van der Waals surface area contributed by atoms with E-state index in [0.29, 0.717) is 16.5 Å². The normalized spacial score (nSPS) is 10.1. The molecule has 0 aliphatic heterocycles. The molecule has 0 unspecified atom stereocenters. The van der Waals surface area contributed by atoms with Crippen LogP contribution < -0.4 is 11.1 Å². The molecule has 2 rings (SSSR count). The monoisotopic (exact) mass is 235 g/mol. The number of phenols is 1. The van der Waals surface area contributed by atoms with Crippen LogP contribution in [0.5, 0.6) is 5.75 Å². The van der Waals surface area contributed by atoms with Gasteiger partial charge in [-0.1, -0.05) is 11.6 Å². The van der Waals surface area contributed by atoms with Gasteiger partial charge in [-0.2, -0.15) is 0 Å². The number of nitrogens with two attached hydrogens (primary N) is 1. The zero-order valence-electron chi connectivity index (χ0n) is 8.31. The molecule has 4 N–H and O–H groups in total. The first-order valence-corrected chi connectivity index (χ1v) is 5.00. The van der Waals surface area contributed by atoms with E-state index < -0.39 is 0 Å². The minimum Gasteiger partial charge on any atom is -0.508 e. The highest BCUT2D eigenvalue weighted by Gasteiger charge is 2.02. The van der Waals surface area contributed by atoms with E-state index in [1.807, 2.05) is 0 Å². The number of pyridine rings is 1. The summed E-state index contributed by atoms with van der Waals surface area (Å²) in [5.74, 6) is 0.748. The van der Waals surface area contributed by atoms with Gasteiger partial charge in [0, 0.05) is 11.9 Å². The summed E-state index contributed by atoms with van der Waals surface area (Å²) in [6.45, 7) is 0. The largest absolute Gasteiger partial charge is 0.508 e. The SMILES string of the molecule is Nc1cc(Cl)cnc1Nc1ccc(O)cc1. The van der Waals surface area contributed by atoms with E-state index >= 15 is 0 Å². The molecule has 0 amide bonds. The molecule has 4 nitrogen and oxygen atoms in total. The molecule has 0 saturated heterocycles. The Labute approximate surface area is 97.7 Å². The van der Waals surface area contributed by atoms with E-state index in [1.54, 1.807) is 30.3 Å². The molecule has 0 aliphatic rings. The Balaban J connectivity index is 2.23. The van der Waals surface area contributed by atoms with Crippen LogP contribution in [0.3, 0.4) is 0 Å². The highest BCUT2D eigenvalue weighted by Crippen LogP contribution is 2.24. The summed E-state index contributed by atoms with van der Waals surface area (Å²) in [6.07, 6.45) is 1.51. The maximum Gasteiger partial charge on any atom is 0.153 e. The zero-order valence-corrected chi connectivity index (χ0v) is 9.07. The van der Waals surface area contributed by atoms with Crippen molar-refractivity contribution < 1.29 is 5.11 Å². The van der Waals surface area contributed by atoms with Gasteiger partial charge in [-0.25, -0.2) is 4.98 Å². The number of benzene rings is 1. The van der Waals surface area contributed by atoms with Crippen LogP contribution >= 0.6 is 11.6 Å². The van der Waals surface area contributed by atoms with E-state index in [0.717, 1.165) is 5.69 Å². The Morgan fingerprint density at radius 2 is 1.94 bits per heavy atom. The molecule has 5 heteroatoms. The number of anilines is 3. The summed E-state index contributed by atoms with van der Waals surface area (Å²) in [7, 11) is 0. The molecule has 0 aliphatic carbocycles. The summed E-state index contributed by atoms with van der Waals surface area (Å²) < 4.78 is 0. The first-order valence-electron chi connectivity index (χ1n) is 4.62. The molecule has 0 fully saturated rings. The fraction of sp³-hybridized carbons (Fsp3) is 0. The number of aromatic hydroxyl groups is 1. The lowest BCUT2D eigenvalue weighted by atomic mass is 10.3. The second-order valence-electron chi connectivity index (χ2n) is 3.26. The van der Waals surface area contributed by atoms with Gasteiger partial charge in [0.15, 0.2) is 5.82 Å². The van der Waals surface area contributed by atoms with Crippen LogP contribution in [0.15, 0.2) is 36.5 Å². The van der Waals surface area contributed by atoms with E-state index in [1.165, 1.54) is 6.20 Å². The first-order chi connectivity index (χ1) is 7.65. The summed E-state index contributed by atoms with van der Waals surface area (Å²) in [4.78, 5) is 4.06. The van der Waals surface area contributed by atoms with Crippen LogP contribution in [0.1, 0.15) is 0 Å². The maximum absolute atomic E-state index is 9.13. The zero-order chi connectivity index (χ0) is 11.5. The van der Waals surface area contributed by atoms with Gasteiger partial charge in [-0.05, 0) is 30.3 Å². The van der Waals surface area contributed by atoms with Crippen molar-refractivity contribution in [2.24, 2.45) is 0 Å². The fourth-order valence-electron chi connectivity index (χ4n) is 1.24. The van der Waals surface area contributed by atoms with E-state index in [9.17, 15) is 0 Å².